The minimum Gasteiger partial charge on any atom is -0.370 e. The van der Waals surface area contributed by atoms with E-state index < -0.39 is 0 Å². The van der Waals surface area contributed by atoms with E-state index in [2.05, 4.69) is 29.2 Å². The second kappa shape index (κ2) is 5.47. The van der Waals surface area contributed by atoms with Crippen molar-refractivity contribution in [3.8, 4) is 0 Å². The Balaban J connectivity index is 0.000000980. The number of aryl methyl sites for hydroxylation is 1. The van der Waals surface area contributed by atoms with E-state index in [0.717, 1.165) is 13.1 Å². The minimum absolute atomic E-state index is 0. The Kier molecular flexibility index (Phi) is 4.56. The van der Waals surface area contributed by atoms with Gasteiger partial charge in [-0.2, -0.15) is 0 Å². The number of hydrogen-bond acceptors (Lipinski definition) is 1. The lowest BCUT2D eigenvalue weighted by Crippen LogP contribution is -2.30. The van der Waals surface area contributed by atoms with Crippen molar-refractivity contribution in [2.75, 3.05) is 23.9 Å². The number of benzene rings is 1. The summed E-state index contributed by atoms with van der Waals surface area (Å²) < 4.78 is 0. The van der Waals surface area contributed by atoms with Crippen LogP contribution in [-0.4, -0.2) is 19.0 Å². The lowest BCUT2D eigenvalue weighted by Gasteiger charge is -2.30. The van der Waals surface area contributed by atoms with Crippen molar-refractivity contribution in [1.29, 1.82) is 0 Å². The van der Waals surface area contributed by atoms with Crippen LogP contribution in [0.25, 0.3) is 0 Å². The Morgan fingerprint density at radius 3 is 2.86 bits per heavy atom. The largest absolute Gasteiger partial charge is 0.370 e. The van der Waals surface area contributed by atoms with Crippen molar-refractivity contribution in [3.63, 3.8) is 0 Å². The molecule has 0 saturated heterocycles. The molecule has 14 heavy (non-hydrogen) atoms. The Hall–Kier alpha value is -0.400. The summed E-state index contributed by atoms with van der Waals surface area (Å²) in [5, 5.41) is 0. The molecule has 1 aliphatic heterocycles. The van der Waals surface area contributed by atoms with Gasteiger partial charge >= 0.3 is 0 Å². The zero-order chi connectivity index (χ0) is 9.10. The molecule has 0 aromatic heterocycles. The standard InChI is InChI=1S/C11H14ClN.ClH/c12-7-9-13-8-3-5-10-4-1-2-6-11(10)13;/h1-2,4,6H,3,5,7-9H2;1H. The summed E-state index contributed by atoms with van der Waals surface area (Å²) in [5.41, 5.74) is 2.85. The molecule has 2 rings (SSSR count). The maximum absolute atomic E-state index is 5.76. The molecule has 0 amide bonds. The molecule has 78 valence electrons. The fourth-order valence-corrected chi connectivity index (χ4v) is 2.15. The second-order valence-corrected chi connectivity index (χ2v) is 3.79. The van der Waals surface area contributed by atoms with E-state index in [9.17, 15) is 0 Å². The highest BCUT2D eigenvalue weighted by Gasteiger charge is 2.14. The van der Waals surface area contributed by atoms with Gasteiger partial charge in [-0.05, 0) is 24.5 Å². The second-order valence-electron chi connectivity index (χ2n) is 3.41. The average molecular weight is 232 g/mol. The molecule has 0 aliphatic carbocycles. The van der Waals surface area contributed by atoms with Crippen LogP contribution >= 0.6 is 24.0 Å². The van der Waals surface area contributed by atoms with Crippen molar-refractivity contribution < 1.29 is 0 Å². The lowest BCUT2D eigenvalue weighted by atomic mass is 10.0. The molecule has 0 fully saturated rings. The van der Waals surface area contributed by atoms with Crippen LogP contribution in [0, 0.1) is 0 Å². The van der Waals surface area contributed by atoms with E-state index in [4.69, 9.17) is 11.6 Å². The van der Waals surface area contributed by atoms with Crippen LogP contribution in [0.15, 0.2) is 24.3 Å². The highest BCUT2D eigenvalue weighted by atomic mass is 35.5. The van der Waals surface area contributed by atoms with E-state index in [1.165, 1.54) is 24.1 Å². The first-order chi connectivity index (χ1) is 6.42. The van der Waals surface area contributed by atoms with Crippen molar-refractivity contribution in [3.05, 3.63) is 29.8 Å². The summed E-state index contributed by atoms with van der Waals surface area (Å²) in [6, 6.07) is 8.63. The molecule has 0 unspecified atom stereocenters. The first-order valence-corrected chi connectivity index (χ1v) is 5.34. The fraction of sp³-hybridized carbons (Fsp3) is 0.455. The van der Waals surface area contributed by atoms with Gasteiger partial charge in [-0.3, -0.25) is 0 Å². The maximum atomic E-state index is 5.76. The van der Waals surface area contributed by atoms with Gasteiger partial charge in [0.2, 0.25) is 0 Å². The number of rotatable bonds is 2. The predicted octanol–water partition coefficient (Wildman–Crippen LogP) is 3.10. The van der Waals surface area contributed by atoms with Gasteiger partial charge in [0, 0.05) is 24.7 Å². The molecule has 0 spiro atoms. The first kappa shape index (κ1) is 11.7. The van der Waals surface area contributed by atoms with Crippen LogP contribution in [0.2, 0.25) is 0 Å². The van der Waals surface area contributed by atoms with Crippen LogP contribution in [0.1, 0.15) is 12.0 Å². The number of nitrogens with zero attached hydrogens (tertiary/aromatic N) is 1. The van der Waals surface area contributed by atoms with Gasteiger partial charge in [0.25, 0.3) is 0 Å². The summed E-state index contributed by atoms with van der Waals surface area (Å²) in [6.07, 6.45) is 2.48. The summed E-state index contributed by atoms with van der Waals surface area (Å²) >= 11 is 5.76. The molecule has 1 nitrogen and oxygen atoms in total. The van der Waals surface area contributed by atoms with E-state index in [1.807, 2.05) is 0 Å². The molecule has 1 aromatic carbocycles. The summed E-state index contributed by atoms with van der Waals surface area (Å²) in [7, 11) is 0. The van der Waals surface area contributed by atoms with Gasteiger partial charge < -0.3 is 4.90 Å². The van der Waals surface area contributed by atoms with Crippen LogP contribution in [0.5, 0.6) is 0 Å². The Bertz CT molecular complexity index is 288. The molecular weight excluding hydrogens is 217 g/mol. The summed E-state index contributed by atoms with van der Waals surface area (Å²) in [6.45, 7) is 2.13. The van der Waals surface area contributed by atoms with Crippen LogP contribution in [-0.2, 0) is 6.42 Å². The highest BCUT2D eigenvalue weighted by molar-refractivity contribution is 6.18. The normalized spacial score (nSPS) is 14.5. The maximum Gasteiger partial charge on any atom is 0.0399 e. The van der Waals surface area contributed by atoms with Crippen molar-refractivity contribution in [2.45, 2.75) is 12.8 Å². The third-order valence-corrected chi connectivity index (χ3v) is 2.73. The third-order valence-electron chi connectivity index (χ3n) is 2.56. The van der Waals surface area contributed by atoms with Crippen molar-refractivity contribution in [2.24, 2.45) is 0 Å². The molecule has 0 atom stereocenters. The van der Waals surface area contributed by atoms with Crippen LogP contribution < -0.4 is 4.90 Å². The zero-order valence-corrected chi connectivity index (χ0v) is 9.65. The third kappa shape index (κ3) is 2.34. The van der Waals surface area contributed by atoms with Gasteiger partial charge in [0.05, 0.1) is 0 Å². The van der Waals surface area contributed by atoms with Crippen LogP contribution in [0.4, 0.5) is 5.69 Å². The number of alkyl halides is 1. The molecule has 0 bridgehead atoms. The Morgan fingerprint density at radius 1 is 1.29 bits per heavy atom. The quantitative estimate of drug-likeness (QED) is 0.708. The van der Waals surface area contributed by atoms with Gasteiger partial charge in [-0.25, -0.2) is 0 Å². The number of halogens is 2. The van der Waals surface area contributed by atoms with E-state index in [1.54, 1.807) is 0 Å². The average Bonchev–Trinajstić information content (AvgIpc) is 2.19. The molecule has 1 aliphatic rings. The van der Waals surface area contributed by atoms with E-state index in [0.29, 0.717) is 5.88 Å². The van der Waals surface area contributed by atoms with Crippen molar-refractivity contribution in [1.82, 2.24) is 0 Å². The zero-order valence-electron chi connectivity index (χ0n) is 8.08. The van der Waals surface area contributed by atoms with Crippen LogP contribution in [0.3, 0.4) is 0 Å². The fourth-order valence-electron chi connectivity index (χ4n) is 1.95. The molecule has 1 heterocycles. The molecular formula is C11H15Cl2N. The van der Waals surface area contributed by atoms with Crippen molar-refractivity contribution >= 4 is 29.7 Å². The SMILES string of the molecule is Cl.ClCCN1CCCc2ccccc21. The monoisotopic (exact) mass is 231 g/mol. The molecule has 0 radical (unpaired) electrons. The predicted molar refractivity (Wildman–Crippen MR) is 64.9 cm³/mol. The molecule has 0 N–H and O–H groups in total. The smallest absolute Gasteiger partial charge is 0.0399 e. The summed E-state index contributed by atoms with van der Waals surface area (Å²) in [4.78, 5) is 2.38. The highest BCUT2D eigenvalue weighted by Crippen LogP contribution is 2.26. The number of fused-ring (bicyclic) bond motifs is 1. The number of anilines is 1. The topological polar surface area (TPSA) is 3.24 Å². The first-order valence-electron chi connectivity index (χ1n) is 4.80. The Labute approximate surface area is 96.5 Å². The van der Waals surface area contributed by atoms with Gasteiger partial charge in [-0.1, -0.05) is 18.2 Å². The van der Waals surface area contributed by atoms with Gasteiger partial charge in [0.1, 0.15) is 0 Å². The van der Waals surface area contributed by atoms with E-state index in [-0.39, 0.29) is 12.4 Å². The minimum atomic E-state index is 0. The number of para-hydroxylation sites is 1. The van der Waals surface area contributed by atoms with Gasteiger partial charge in [0.15, 0.2) is 0 Å². The van der Waals surface area contributed by atoms with E-state index >= 15 is 0 Å². The summed E-state index contributed by atoms with van der Waals surface area (Å²) in [5.74, 6) is 0.717. The number of hydrogen-bond donors (Lipinski definition) is 0. The Morgan fingerprint density at radius 2 is 2.07 bits per heavy atom. The lowest BCUT2D eigenvalue weighted by molar-refractivity contribution is 0.709. The molecule has 0 saturated carbocycles. The molecule has 1 aromatic rings. The molecule has 3 heteroatoms. The van der Waals surface area contributed by atoms with Gasteiger partial charge in [-0.15, -0.1) is 24.0 Å².